The Labute approximate surface area is 202 Å². The molecular weight excluding hydrogens is 534 g/mol. The molecular formula is C22H14BrF4N7O. The fourth-order valence-corrected chi connectivity index (χ4v) is 4.70. The number of halogens is 5. The zero-order valence-electron chi connectivity index (χ0n) is 17.8. The standard InChI is InChI=1S/C22H14BrF4N7O/c1-10(15-6-14(33-35-15)12-4-2-3-5-13(12)24)18-17(23)16(19-20(28)31-9-32-34(18)19)11-7-29-21(30-8-11)22(25,26)27/h2-10H,1H3,(H2,28,31,32). The van der Waals surface area contributed by atoms with Crippen LogP contribution in [0, 0.1) is 5.82 Å². The van der Waals surface area contributed by atoms with E-state index < -0.39 is 23.7 Å². The maximum Gasteiger partial charge on any atom is 0.451 e. The van der Waals surface area contributed by atoms with Crippen molar-refractivity contribution < 1.29 is 22.1 Å². The molecule has 0 aliphatic carbocycles. The summed E-state index contributed by atoms with van der Waals surface area (Å²) in [5.74, 6) is -1.70. The van der Waals surface area contributed by atoms with Gasteiger partial charge in [-0.25, -0.2) is 23.9 Å². The van der Waals surface area contributed by atoms with Crippen LogP contribution >= 0.6 is 15.9 Å². The number of aromatic nitrogens is 6. The first-order valence-electron chi connectivity index (χ1n) is 10.1. The Kier molecular flexibility index (Phi) is 5.50. The Bertz CT molecular complexity index is 1550. The smallest absolute Gasteiger partial charge is 0.382 e. The Morgan fingerprint density at radius 3 is 2.51 bits per heavy atom. The van der Waals surface area contributed by atoms with Crippen LogP contribution in [-0.4, -0.2) is 29.7 Å². The van der Waals surface area contributed by atoms with Crippen LogP contribution in [-0.2, 0) is 6.18 Å². The minimum absolute atomic E-state index is 0.0960. The molecule has 178 valence electrons. The van der Waals surface area contributed by atoms with Crippen LogP contribution in [0.5, 0.6) is 0 Å². The molecule has 0 aliphatic rings. The summed E-state index contributed by atoms with van der Waals surface area (Å²) in [6.07, 6.45) is -1.31. The van der Waals surface area contributed by atoms with Crippen LogP contribution in [0.15, 0.2) is 58.0 Å². The summed E-state index contributed by atoms with van der Waals surface area (Å²) in [6, 6.07) is 7.78. The second-order valence-corrected chi connectivity index (χ2v) is 8.38. The Morgan fingerprint density at radius 2 is 1.83 bits per heavy atom. The van der Waals surface area contributed by atoms with Crippen molar-refractivity contribution in [2.45, 2.75) is 19.0 Å². The highest BCUT2D eigenvalue weighted by Gasteiger charge is 2.35. The zero-order chi connectivity index (χ0) is 24.9. The molecule has 2 N–H and O–H groups in total. The van der Waals surface area contributed by atoms with Gasteiger partial charge in [-0.3, -0.25) is 0 Å². The number of benzene rings is 1. The van der Waals surface area contributed by atoms with Gasteiger partial charge in [-0.05, 0) is 35.0 Å². The predicted octanol–water partition coefficient (Wildman–Crippen LogP) is 5.50. The van der Waals surface area contributed by atoms with E-state index in [9.17, 15) is 17.6 Å². The lowest BCUT2D eigenvalue weighted by Gasteiger charge is -2.09. The van der Waals surface area contributed by atoms with E-state index in [-0.39, 0.29) is 16.9 Å². The van der Waals surface area contributed by atoms with Crippen molar-refractivity contribution in [3.8, 4) is 22.4 Å². The van der Waals surface area contributed by atoms with Gasteiger partial charge in [0.2, 0.25) is 5.82 Å². The van der Waals surface area contributed by atoms with Crippen LogP contribution in [0.1, 0.15) is 30.1 Å². The molecule has 1 aromatic carbocycles. The molecule has 0 saturated heterocycles. The molecule has 4 aromatic heterocycles. The summed E-state index contributed by atoms with van der Waals surface area (Å²) < 4.78 is 60.6. The van der Waals surface area contributed by atoms with E-state index in [0.717, 1.165) is 12.4 Å². The van der Waals surface area contributed by atoms with Crippen LogP contribution in [0.3, 0.4) is 0 Å². The molecule has 0 aliphatic heterocycles. The molecule has 8 nitrogen and oxygen atoms in total. The minimum Gasteiger partial charge on any atom is -0.382 e. The number of hydrogen-bond acceptors (Lipinski definition) is 7. The maximum atomic E-state index is 14.2. The van der Waals surface area contributed by atoms with Crippen molar-refractivity contribution >= 4 is 27.3 Å². The van der Waals surface area contributed by atoms with Gasteiger partial charge in [0.15, 0.2) is 5.82 Å². The van der Waals surface area contributed by atoms with E-state index in [1.54, 1.807) is 24.3 Å². The summed E-state index contributed by atoms with van der Waals surface area (Å²) in [5, 5.41) is 8.28. The van der Waals surface area contributed by atoms with Crippen molar-refractivity contribution in [1.82, 2.24) is 29.7 Å². The number of nitrogen functional groups attached to an aromatic ring is 1. The minimum atomic E-state index is -4.68. The number of hydrogen-bond donors (Lipinski definition) is 1. The van der Waals surface area contributed by atoms with E-state index in [1.807, 2.05) is 6.92 Å². The largest absolute Gasteiger partial charge is 0.451 e. The Morgan fingerprint density at radius 1 is 1.11 bits per heavy atom. The fraction of sp³-hybridized carbons (Fsp3) is 0.136. The number of nitrogens with zero attached hydrogens (tertiary/aromatic N) is 6. The molecule has 0 saturated carbocycles. The van der Waals surface area contributed by atoms with Gasteiger partial charge in [-0.1, -0.05) is 17.3 Å². The first-order chi connectivity index (χ1) is 16.7. The van der Waals surface area contributed by atoms with E-state index in [1.165, 1.54) is 16.9 Å². The molecule has 1 unspecified atom stereocenters. The molecule has 5 rings (SSSR count). The van der Waals surface area contributed by atoms with Gasteiger partial charge in [0.05, 0.1) is 16.1 Å². The van der Waals surface area contributed by atoms with Gasteiger partial charge in [0.25, 0.3) is 0 Å². The molecule has 35 heavy (non-hydrogen) atoms. The van der Waals surface area contributed by atoms with Crippen LogP contribution < -0.4 is 5.73 Å². The fourth-order valence-electron chi connectivity index (χ4n) is 3.77. The van der Waals surface area contributed by atoms with E-state index >= 15 is 0 Å². The van der Waals surface area contributed by atoms with Crippen LogP contribution in [0.25, 0.3) is 27.9 Å². The molecule has 0 spiro atoms. The van der Waals surface area contributed by atoms with Crippen LogP contribution in [0.4, 0.5) is 23.4 Å². The predicted molar refractivity (Wildman–Crippen MR) is 121 cm³/mol. The third kappa shape index (κ3) is 3.91. The quantitative estimate of drug-likeness (QED) is 0.296. The third-order valence-electron chi connectivity index (χ3n) is 5.44. The van der Waals surface area contributed by atoms with Crippen molar-refractivity contribution in [1.29, 1.82) is 0 Å². The molecule has 1 atom stereocenters. The summed E-state index contributed by atoms with van der Waals surface area (Å²) in [7, 11) is 0. The lowest BCUT2D eigenvalue weighted by molar-refractivity contribution is -0.144. The van der Waals surface area contributed by atoms with Gasteiger partial charge in [0.1, 0.15) is 29.1 Å². The van der Waals surface area contributed by atoms with Crippen molar-refractivity contribution in [3.63, 3.8) is 0 Å². The number of alkyl halides is 3. The summed E-state index contributed by atoms with van der Waals surface area (Å²) >= 11 is 3.54. The van der Waals surface area contributed by atoms with Gasteiger partial charge in [-0.15, -0.1) is 0 Å². The lowest BCUT2D eigenvalue weighted by atomic mass is 10.0. The van der Waals surface area contributed by atoms with Crippen LogP contribution in [0.2, 0.25) is 0 Å². The van der Waals surface area contributed by atoms with Gasteiger partial charge >= 0.3 is 6.18 Å². The molecule has 0 radical (unpaired) electrons. The summed E-state index contributed by atoms with van der Waals surface area (Å²) in [4.78, 5) is 10.9. The van der Waals surface area contributed by atoms with Crippen molar-refractivity contribution in [2.75, 3.05) is 5.73 Å². The topological polar surface area (TPSA) is 108 Å². The molecule has 0 bridgehead atoms. The number of rotatable bonds is 4. The average molecular weight is 548 g/mol. The van der Waals surface area contributed by atoms with Crippen molar-refractivity contribution in [3.05, 3.63) is 76.6 Å². The van der Waals surface area contributed by atoms with Gasteiger partial charge in [-0.2, -0.15) is 18.3 Å². The third-order valence-corrected chi connectivity index (χ3v) is 6.24. The van der Waals surface area contributed by atoms with Gasteiger partial charge in [0, 0.05) is 35.2 Å². The molecule has 5 aromatic rings. The van der Waals surface area contributed by atoms with Crippen molar-refractivity contribution in [2.24, 2.45) is 0 Å². The van der Waals surface area contributed by atoms with E-state index in [4.69, 9.17) is 10.3 Å². The average Bonchev–Trinajstić information content (AvgIpc) is 3.42. The molecule has 0 fully saturated rings. The second kappa shape index (κ2) is 8.41. The number of nitrogens with two attached hydrogens (primary N) is 1. The second-order valence-electron chi connectivity index (χ2n) is 7.59. The highest BCUT2D eigenvalue weighted by atomic mass is 79.9. The SMILES string of the molecule is CC(c1cc(-c2ccccc2F)no1)c1c(Br)c(-c2cnc(C(F)(F)F)nc2)c2c(N)ncnn12. The lowest BCUT2D eigenvalue weighted by Crippen LogP contribution is -2.10. The molecule has 13 heteroatoms. The molecule has 0 amide bonds. The number of anilines is 1. The highest BCUT2D eigenvalue weighted by molar-refractivity contribution is 9.10. The Balaban J connectivity index is 1.64. The first-order valence-corrected chi connectivity index (χ1v) is 10.9. The first kappa shape index (κ1) is 22.9. The summed E-state index contributed by atoms with van der Waals surface area (Å²) in [5.41, 5.74) is 8.29. The monoisotopic (exact) mass is 547 g/mol. The Hall–Kier alpha value is -3.87. The number of fused-ring (bicyclic) bond motifs is 1. The summed E-state index contributed by atoms with van der Waals surface area (Å²) in [6.45, 7) is 1.81. The van der Waals surface area contributed by atoms with E-state index in [2.05, 4.69) is 41.1 Å². The highest BCUT2D eigenvalue weighted by Crippen LogP contribution is 2.43. The maximum absolute atomic E-state index is 14.2. The van der Waals surface area contributed by atoms with Gasteiger partial charge < -0.3 is 10.3 Å². The molecule has 4 heterocycles. The zero-order valence-corrected chi connectivity index (χ0v) is 19.3. The van der Waals surface area contributed by atoms with E-state index in [0.29, 0.717) is 32.7 Å². The normalized spacial score (nSPS) is 12.9.